The van der Waals surface area contributed by atoms with Crippen LogP contribution in [0.25, 0.3) is 22.0 Å². The van der Waals surface area contributed by atoms with Gasteiger partial charge in [0.05, 0.1) is 16.6 Å². The third kappa shape index (κ3) is 2.69. The van der Waals surface area contributed by atoms with Crippen molar-refractivity contribution in [1.82, 2.24) is 4.57 Å². The summed E-state index contributed by atoms with van der Waals surface area (Å²) in [5.41, 5.74) is 1.53. The van der Waals surface area contributed by atoms with Gasteiger partial charge in [0.25, 0.3) is 0 Å². The number of nitrogens with zero attached hydrogens (tertiary/aromatic N) is 1. The van der Waals surface area contributed by atoms with Crippen LogP contribution in [0.5, 0.6) is 0 Å². The zero-order valence-corrected chi connectivity index (χ0v) is 13.8. The van der Waals surface area contributed by atoms with E-state index in [4.69, 9.17) is 4.42 Å². The van der Waals surface area contributed by atoms with Crippen molar-refractivity contribution in [2.24, 2.45) is 0 Å². The summed E-state index contributed by atoms with van der Waals surface area (Å²) < 4.78 is 7.09. The van der Waals surface area contributed by atoms with E-state index < -0.39 is 11.6 Å². The molecule has 26 heavy (non-hydrogen) atoms. The maximum Gasteiger partial charge on any atom is 0.372 e. The second-order valence-electron chi connectivity index (χ2n) is 5.95. The van der Waals surface area contributed by atoms with Crippen molar-refractivity contribution in [2.75, 3.05) is 0 Å². The van der Waals surface area contributed by atoms with E-state index in [1.165, 1.54) is 0 Å². The molecule has 0 bridgehead atoms. The summed E-state index contributed by atoms with van der Waals surface area (Å²) in [5.74, 6) is -1.61. The van der Waals surface area contributed by atoms with Crippen LogP contribution in [0.15, 0.2) is 82.1 Å². The van der Waals surface area contributed by atoms with Gasteiger partial charge in [0, 0.05) is 18.1 Å². The molecule has 0 aliphatic heterocycles. The largest absolute Gasteiger partial charge is 0.475 e. The lowest BCUT2D eigenvalue weighted by Gasteiger charge is -2.13. The minimum absolute atomic E-state index is 0.346. The van der Waals surface area contributed by atoms with E-state index in [0.717, 1.165) is 5.56 Å². The van der Waals surface area contributed by atoms with Crippen molar-refractivity contribution < 1.29 is 14.3 Å². The van der Waals surface area contributed by atoms with Crippen molar-refractivity contribution in [3.63, 3.8) is 0 Å². The minimum Gasteiger partial charge on any atom is -0.475 e. The number of carbonyl (C=O) groups is 1. The van der Waals surface area contributed by atoms with Crippen LogP contribution in [0, 0.1) is 0 Å². The Bertz CT molecular complexity index is 1160. The zero-order valence-electron chi connectivity index (χ0n) is 13.8. The molecule has 0 atom stereocenters. The van der Waals surface area contributed by atoms with E-state index in [-0.39, 0.29) is 5.76 Å². The summed E-state index contributed by atoms with van der Waals surface area (Å²) in [5, 5.41) is 10.5. The second-order valence-corrected chi connectivity index (χ2v) is 5.95. The highest BCUT2D eigenvalue weighted by molar-refractivity contribution is 6.04. The molecule has 1 N–H and O–H groups in total. The molecule has 2 aromatic heterocycles. The summed E-state index contributed by atoms with van der Waals surface area (Å²) in [6.45, 7) is 0.579. The molecule has 0 fully saturated rings. The van der Waals surface area contributed by atoms with Gasteiger partial charge in [-0.15, -0.1) is 0 Å². The molecule has 0 spiro atoms. The van der Waals surface area contributed by atoms with Crippen LogP contribution in [0.2, 0.25) is 0 Å². The topological polar surface area (TPSA) is 72.4 Å². The average molecular weight is 345 g/mol. The smallest absolute Gasteiger partial charge is 0.372 e. The fourth-order valence-electron chi connectivity index (χ4n) is 3.16. The molecule has 0 saturated heterocycles. The molecule has 0 aliphatic rings. The fourth-order valence-corrected chi connectivity index (χ4v) is 3.16. The van der Waals surface area contributed by atoms with Crippen molar-refractivity contribution in [1.29, 1.82) is 0 Å². The number of benzene rings is 2. The molecule has 0 aliphatic carbocycles. The first kappa shape index (κ1) is 15.9. The third-order valence-corrected chi connectivity index (χ3v) is 4.31. The third-order valence-electron chi connectivity index (χ3n) is 4.31. The van der Waals surface area contributed by atoms with Gasteiger partial charge in [0.2, 0.25) is 5.76 Å². The van der Waals surface area contributed by atoms with Gasteiger partial charge in [-0.05, 0) is 23.8 Å². The molecular formula is C21H15NO4. The highest BCUT2D eigenvalue weighted by Gasteiger charge is 2.22. The molecular weight excluding hydrogens is 330 g/mol. The summed E-state index contributed by atoms with van der Waals surface area (Å²) in [6, 6.07) is 20.4. The monoisotopic (exact) mass is 345 g/mol. The highest BCUT2D eigenvalue weighted by Crippen LogP contribution is 2.31. The number of aromatic carboxylic acids is 1. The lowest BCUT2D eigenvalue weighted by atomic mass is 10.0. The molecule has 4 aromatic rings. The Kier molecular flexibility index (Phi) is 3.89. The van der Waals surface area contributed by atoms with Gasteiger partial charge in [-0.25, -0.2) is 9.59 Å². The molecule has 128 valence electrons. The van der Waals surface area contributed by atoms with E-state index in [1.54, 1.807) is 24.3 Å². The summed E-state index contributed by atoms with van der Waals surface area (Å²) >= 11 is 0. The van der Waals surface area contributed by atoms with E-state index in [0.29, 0.717) is 28.6 Å². The Morgan fingerprint density at radius 2 is 1.62 bits per heavy atom. The van der Waals surface area contributed by atoms with E-state index in [9.17, 15) is 14.7 Å². The van der Waals surface area contributed by atoms with E-state index in [1.807, 2.05) is 53.2 Å². The first-order chi connectivity index (χ1) is 12.6. The molecule has 5 heteroatoms. The number of hydrogen-bond acceptors (Lipinski definition) is 3. The van der Waals surface area contributed by atoms with Crippen LogP contribution in [-0.4, -0.2) is 15.6 Å². The maximum absolute atomic E-state index is 12.2. The van der Waals surface area contributed by atoms with Gasteiger partial charge in [0.15, 0.2) is 0 Å². The van der Waals surface area contributed by atoms with Crippen LogP contribution in [0.3, 0.4) is 0 Å². The lowest BCUT2D eigenvalue weighted by molar-refractivity contribution is 0.0659. The van der Waals surface area contributed by atoms with Crippen molar-refractivity contribution in [2.45, 2.75) is 6.54 Å². The Labute approximate surface area is 148 Å². The first-order valence-corrected chi connectivity index (χ1v) is 8.14. The summed E-state index contributed by atoms with van der Waals surface area (Å²) in [7, 11) is 0. The van der Waals surface area contributed by atoms with Gasteiger partial charge in [0.1, 0.15) is 0 Å². The quantitative estimate of drug-likeness (QED) is 0.606. The number of fused-ring (bicyclic) bond motifs is 1. The molecule has 2 aromatic carbocycles. The minimum atomic E-state index is -1.27. The molecule has 4 rings (SSSR count). The highest BCUT2D eigenvalue weighted by atomic mass is 16.4. The SMILES string of the molecule is O=C(O)c1oc(=O)c2ccccc2c1-c1cccn1Cc1ccccc1. The van der Waals surface area contributed by atoms with Gasteiger partial charge < -0.3 is 14.1 Å². The van der Waals surface area contributed by atoms with Crippen molar-refractivity contribution in [3.05, 3.63) is 94.7 Å². The summed E-state index contributed by atoms with van der Waals surface area (Å²) in [4.78, 5) is 23.9. The van der Waals surface area contributed by atoms with Crippen LogP contribution in [0.4, 0.5) is 0 Å². The van der Waals surface area contributed by atoms with Gasteiger partial charge in [-0.3, -0.25) is 0 Å². The number of aromatic nitrogens is 1. The molecule has 5 nitrogen and oxygen atoms in total. The van der Waals surface area contributed by atoms with Crippen molar-refractivity contribution in [3.8, 4) is 11.3 Å². The normalized spacial score (nSPS) is 10.9. The Hall–Kier alpha value is -3.60. The maximum atomic E-state index is 12.2. The Morgan fingerprint density at radius 1 is 0.923 bits per heavy atom. The second kappa shape index (κ2) is 6.37. The van der Waals surface area contributed by atoms with Gasteiger partial charge >= 0.3 is 11.6 Å². The number of rotatable bonds is 4. The lowest BCUT2D eigenvalue weighted by Crippen LogP contribution is -2.11. The van der Waals surface area contributed by atoms with E-state index >= 15 is 0 Å². The molecule has 0 radical (unpaired) electrons. The standard InChI is InChI=1S/C21H15NO4/c23-20(24)19-18(15-9-4-5-10-16(15)21(25)26-19)17-11-6-12-22(17)13-14-7-2-1-3-8-14/h1-12H,13H2,(H,23,24). The number of hydrogen-bond donors (Lipinski definition) is 1. The molecule has 2 heterocycles. The number of carboxylic acids is 1. The van der Waals surface area contributed by atoms with Gasteiger partial charge in [-0.1, -0.05) is 48.5 Å². The van der Waals surface area contributed by atoms with Crippen LogP contribution in [-0.2, 0) is 6.54 Å². The van der Waals surface area contributed by atoms with E-state index in [2.05, 4.69) is 0 Å². The Balaban J connectivity index is 1.97. The average Bonchev–Trinajstić information content (AvgIpc) is 3.10. The van der Waals surface area contributed by atoms with Crippen LogP contribution < -0.4 is 5.63 Å². The van der Waals surface area contributed by atoms with Crippen molar-refractivity contribution >= 4 is 16.7 Å². The first-order valence-electron chi connectivity index (χ1n) is 8.14. The fraction of sp³-hybridized carbons (Fsp3) is 0.0476. The molecule has 0 saturated carbocycles. The Morgan fingerprint density at radius 3 is 2.35 bits per heavy atom. The molecule has 0 unspecified atom stereocenters. The predicted octanol–water partition coefficient (Wildman–Crippen LogP) is 4.01. The molecule has 0 amide bonds. The number of carboxylic acid groups (broad SMARTS) is 1. The zero-order chi connectivity index (χ0) is 18.1. The van der Waals surface area contributed by atoms with Gasteiger partial charge in [-0.2, -0.15) is 0 Å². The predicted molar refractivity (Wildman–Crippen MR) is 98.4 cm³/mol. The van der Waals surface area contributed by atoms with Crippen LogP contribution in [0.1, 0.15) is 16.1 Å². The summed E-state index contributed by atoms with van der Waals surface area (Å²) in [6.07, 6.45) is 1.88. The van der Waals surface area contributed by atoms with Crippen LogP contribution >= 0.6 is 0 Å².